The zero-order valence-electron chi connectivity index (χ0n) is 18.0. The predicted molar refractivity (Wildman–Crippen MR) is 129 cm³/mol. The van der Waals surface area contributed by atoms with Crippen molar-refractivity contribution in [1.82, 2.24) is 20.7 Å². The van der Waals surface area contributed by atoms with E-state index in [9.17, 15) is 4.79 Å². The van der Waals surface area contributed by atoms with Crippen LogP contribution in [-0.4, -0.2) is 41.6 Å². The Morgan fingerprint density at radius 3 is 2.63 bits per heavy atom. The van der Waals surface area contributed by atoms with Gasteiger partial charge in [0.2, 0.25) is 5.91 Å². The van der Waals surface area contributed by atoms with E-state index in [-0.39, 0.29) is 36.4 Å². The smallest absolute Gasteiger partial charge is 0.242 e. The van der Waals surface area contributed by atoms with Crippen LogP contribution in [0, 0.1) is 0 Å². The SMILES string of the molecule is CCNC(=NCc1c(CC)noc1CC)NCC(=O)N1CCc2ccccc2C1.I. The maximum Gasteiger partial charge on any atom is 0.242 e. The van der Waals surface area contributed by atoms with E-state index in [2.05, 4.69) is 45.9 Å². The Kier molecular flexibility index (Phi) is 9.61. The zero-order valence-corrected chi connectivity index (χ0v) is 20.4. The van der Waals surface area contributed by atoms with E-state index in [0.29, 0.717) is 19.0 Å². The van der Waals surface area contributed by atoms with Crippen molar-refractivity contribution in [2.45, 2.75) is 53.1 Å². The Morgan fingerprint density at radius 1 is 1.17 bits per heavy atom. The van der Waals surface area contributed by atoms with Crippen molar-refractivity contribution >= 4 is 35.8 Å². The summed E-state index contributed by atoms with van der Waals surface area (Å²) in [7, 11) is 0. The number of rotatable bonds is 7. The van der Waals surface area contributed by atoms with Crippen LogP contribution in [0.1, 0.15) is 48.9 Å². The van der Waals surface area contributed by atoms with Crippen molar-refractivity contribution in [2.75, 3.05) is 19.6 Å². The molecule has 2 heterocycles. The quantitative estimate of drug-likeness (QED) is 0.330. The van der Waals surface area contributed by atoms with E-state index in [1.807, 2.05) is 24.8 Å². The standard InChI is InChI=1S/C22H31N5O2.HI/c1-4-19-18(20(5-2)29-26-19)13-24-22(23-6-3)25-14-21(28)27-12-11-16-9-7-8-10-17(16)15-27;/h7-10H,4-6,11-15H2,1-3H3,(H2,23,24,25);1H. The number of hydrogen-bond donors (Lipinski definition) is 2. The van der Waals surface area contributed by atoms with E-state index < -0.39 is 0 Å². The summed E-state index contributed by atoms with van der Waals surface area (Å²) in [5.41, 5.74) is 4.57. The first-order chi connectivity index (χ1) is 14.2. The van der Waals surface area contributed by atoms with Crippen LogP contribution in [0.15, 0.2) is 33.8 Å². The van der Waals surface area contributed by atoms with Gasteiger partial charge in [0, 0.05) is 31.6 Å². The monoisotopic (exact) mass is 525 g/mol. The molecule has 1 aromatic heterocycles. The average molecular weight is 525 g/mol. The number of amides is 1. The van der Waals surface area contributed by atoms with Crippen molar-refractivity contribution in [3.63, 3.8) is 0 Å². The molecule has 3 rings (SSSR count). The fourth-order valence-electron chi connectivity index (χ4n) is 3.60. The number of aromatic nitrogens is 1. The molecule has 2 N–H and O–H groups in total. The Labute approximate surface area is 195 Å². The van der Waals surface area contributed by atoms with Gasteiger partial charge in [-0.15, -0.1) is 24.0 Å². The first-order valence-corrected chi connectivity index (χ1v) is 10.5. The molecule has 8 heteroatoms. The minimum atomic E-state index is 0. The summed E-state index contributed by atoms with van der Waals surface area (Å²) >= 11 is 0. The van der Waals surface area contributed by atoms with Gasteiger partial charge in [0.1, 0.15) is 5.76 Å². The van der Waals surface area contributed by atoms with Gasteiger partial charge in [-0.2, -0.15) is 0 Å². The van der Waals surface area contributed by atoms with E-state index in [4.69, 9.17) is 4.52 Å². The van der Waals surface area contributed by atoms with E-state index in [1.54, 1.807) is 0 Å². The van der Waals surface area contributed by atoms with Gasteiger partial charge in [-0.25, -0.2) is 4.99 Å². The average Bonchev–Trinajstić information content (AvgIpc) is 3.17. The number of fused-ring (bicyclic) bond motifs is 1. The molecule has 1 amide bonds. The maximum absolute atomic E-state index is 12.7. The van der Waals surface area contributed by atoms with Crippen LogP contribution >= 0.6 is 24.0 Å². The number of aliphatic imine (C=N–C) groups is 1. The molecular weight excluding hydrogens is 493 g/mol. The summed E-state index contributed by atoms with van der Waals surface area (Å²) < 4.78 is 5.41. The fourth-order valence-corrected chi connectivity index (χ4v) is 3.60. The molecular formula is C22H32IN5O2. The summed E-state index contributed by atoms with van der Waals surface area (Å²) in [5.74, 6) is 1.59. The molecule has 0 fully saturated rings. The van der Waals surface area contributed by atoms with E-state index >= 15 is 0 Å². The third kappa shape index (κ3) is 5.96. The van der Waals surface area contributed by atoms with Crippen LogP contribution in [0.2, 0.25) is 0 Å². The molecule has 0 saturated carbocycles. The second-order valence-electron chi connectivity index (χ2n) is 7.12. The highest BCUT2D eigenvalue weighted by Crippen LogP contribution is 2.18. The number of carbonyl (C=O) groups is 1. The lowest BCUT2D eigenvalue weighted by Crippen LogP contribution is -2.46. The second-order valence-corrected chi connectivity index (χ2v) is 7.12. The molecule has 30 heavy (non-hydrogen) atoms. The van der Waals surface area contributed by atoms with Crippen molar-refractivity contribution in [3.8, 4) is 0 Å². The number of guanidine groups is 1. The highest BCUT2D eigenvalue weighted by atomic mass is 127. The van der Waals surface area contributed by atoms with Crippen molar-refractivity contribution in [1.29, 1.82) is 0 Å². The molecule has 0 spiro atoms. The number of benzene rings is 1. The molecule has 7 nitrogen and oxygen atoms in total. The van der Waals surface area contributed by atoms with Crippen LogP contribution < -0.4 is 10.6 Å². The van der Waals surface area contributed by atoms with Crippen molar-refractivity contribution < 1.29 is 9.32 Å². The number of nitrogens with zero attached hydrogens (tertiary/aromatic N) is 3. The predicted octanol–water partition coefficient (Wildman–Crippen LogP) is 3.06. The Balaban J connectivity index is 0.00000320. The number of aryl methyl sites for hydroxylation is 2. The van der Waals surface area contributed by atoms with Crippen LogP contribution in [0.25, 0.3) is 0 Å². The maximum atomic E-state index is 12.7. The number of hydrogen-bond acceptors (Lipinski definition) is 4. The van der Waals surface area contributed by atoms with Gasteiger partial charge in [0.15, 0.2) is 5.96 Å². The molecule has 0 radical (unpaired) electrons. The lowest BCUT2D eigenvalue weighted by atomic mass is 10.00. The first-order valence-electron chi connectivity index (χ1n) is 10.5. The van der Waals surface area contributed by atoms with Crippen LogP contribution in [0.4, 0.5) is 0 Å². The van der Waals surface area contributed by atoms with Crippen molar-refractivity contribution in [3.05, 3.63) is 52.4 Å². The van der Waals surface area contributed by atoms with Crippen LogP contribution in [0.3, 0.4) is 0 Å². The minimum Gasteiger partial charge on any atom is -0.361 e. The molecule has 0 bridgehead atoms. The molecule has 1 aromatic carbocycles. The molecule has 0 atom stereocenters. The molecule has 1 aliphatic rings. The normalized spacial score (nSPS) is 13.4. The Bertz CT molecular complexity index is 843. The summed E-state index contributed by atoms with van der Waals surface area (Å²) in [6, 6.07) is 8.33. The largest absolute Gasteiger partial charge is 0.361 e. The topological polar surface area (TPSA) is 82.8 Å². The van der Waals surface area contributed by atoms with Gasteiger partial charge in [-0.05, 0) is 30.9 Å². The summed E-state index contributed by atoms with van der Waals surface area (Å²) in [6.07, 6.45) is 2.51. The molecule has 2 aromatic rings. The highest BCUT2D eigenvalue weighted by Gasteiger charge is 2.20. The summed E-state index contributed by atoms with van der Waals surface area (Å²) in [5, 5.41) is 10.5. The lowest BCUT2D eigenvalue weighted by Gasteiger charge is -2.29. The third-order valence-corrected chi connectivity index (χ3v) is 5.24. The minimum absolute atomic E-state index is 0. The van der Waals surface area contributed by atoms with Crippen LogP contribution in [0.5, 0.6) is 0 Å². The summed E-state index contributed by atoms with van der Waals surface area (Å²) in [4.78, 5) is 19.3. The molecule has 1 aliphatic heterocycles. The molecule has 0 unspecified atom stereocenters. The van der Waals surface area contributed by atoms with Crippen molar-refractivity contribution in [2.24, 2.45) is 4.99 Å². The molecule has 0 saturated heterocycles. The van der Waals surface area contributed by atoms with Gasteiger partial charge in [-0.1, -0.05) is 43.3 Å². The highest BCUT2D eigenvalue weighted by molar-refractivity contribution is 14.0. The van der Waals surface area contributed by atoms with E-state index in [0.717, 1.165) is 49.4 Å². The molecule has 164 valence electrons. The van der Waals surface area contributed by atoms with Gasteiger partial charge in [0.25, 0.3) is 0 Å². The lowest BCUT2D eigenvalue weighted by molar-refractivity contribution is -0.130. The van der Waals surface area contributed by atoms with Gasteiger partial charge >= 0.3 is 0 Å². The van der Waals surface area contributed by atoms with Crippen LogP contribution in [-0.2, 0) is 37.1 Å². The number of carbonyl (C=O) groups excluding carboxylic acids is 1. The third-order valence-electron chi connectivity index (χ3n) is 5.24. The first kappa shape index (κ1) is 24.2. The summed E-state index contributed by atoms with van der Waals surface area (Å²) in [6.45, 7) is 8.97. The number of halogens is 1. The van der Waals surface area contributed by atoms with Gasteiger partial charge in [-0.3, -0.25) is 4.79 Å². The zero-order chi connectivity index (χ0) is 20.6. The second kappa shape index (κ2) is 11.9. The Hall–Kier alpha value is -2.10. The van der Waals surface area contributed by atoms with Gasteiger partial charge < -0.3 is 20.1 Å². The Morgan fingerprint density at radius 2 is 1.93 bits per heavy atom. The molecule has 0 aliphatic carbocycles. The van der Waals surface area contributed by atoms with Gasteiger partial charge in [0.05, 0.1) is 18.8 Å². The number of nitrogens with one attached hydrogen (secondary N) is 2. The van der Waals surface area contributed by atoms with E-state index in [1.165, 1.54) is 11.1 Å². The fraction of sp³-hybridized carbons (Fsp3) is 0.500.